The molecule has 2 heterocycles. The third-order valence-corrected chi connectivity index (χ3v) is 5.24. The SMILES string of the molecule is CCCSc1nc2c(c(=O)[nH]1)[C@H](C(=O)Nc1ccc(F)c(Cl)c1)CC(=O)N2. The number of rotatable bonds is 5. The number of nitrogens with one attached hydrogen (secondary N) is 3. The molecule has 10 heteroatoms. The van der Waals surface area contributed by atoms with Crippen molar-refractivity contribution in [3.05, 3.63) is 45.0 Å². The highest BCUT2D eigenvalue weighted by molar-refractivity contribution is 7.99. The first-order chi connectivity index (χ1) is 12.9. The molecule has 0 aliphatic carbocycles. The fraction of sp³-hybridized carbons (Fsp3) is 0.294. The lowest BCUT2D eigenvalue weighted by Crippen LogP contribution is -2.36. The van der Waals surface area contributed by atoms with Gasteiger partial charge in [0.1, 0.15) is 11.6 Å². The van der Waals surface area contributed by atoms with Crippen LogP contribution in [-0.2, 0) is 9.59 Å². The van der Waals surface area contributed by atoms with Crippen molar-refractivity contribution in [2.45, 2.75) is 30.8 Å². The van der Waals surface area contributed by atoms with Crippen molar-refractivity contribution in [2.24, 2.45) is 0 Å². The standard InChI is InChI=1S/C17H16ClFN4O3S/c1-2-5-27-17-22-14-13(16(26)23-17)9(7-12(24)21-14)15(25)20-8-3-4-11(19)10(18)6-8/h3-4,6,9H,2,5,7H2,1H3,(H,20,25)(H2,21,22,23,24,26)/t9-/m1/s1. The van der Waals surface area contributed by atoms with Gasteiger partial charge in [0.2, 0.25) is 11.8 Å². The lowest BCUT2D eigenvalue weighted by molar-refractivity contribution is -0.123. The molecule has 0 saturated heterocycles. The molecule has 142 valence electrons. The molecule has 7 nitrogen and oxygen atoms in total. The van der Waals surface area contributed by atoms with Gasteiger partial charge in [-0.25, -0.2) is 9.37 Å². The molecule has 2 aromatic rings. The number of hydrogen-bond acceptors (Lipinski definition) is 5. The zero-order valence-corrected chi connectivity index (χ0v) is 15.8. The van der Waals surface area contributed by atoms with Gasteiger partial charge in [-0.2, -0.15) is 0 Å². The van der Waals surface area contributed by atoms with Crippen molar-refractivity contribution >= 4 is 46.7 Å². The second-order valence-corrected chi connectivity index (χ2v) is 7.40. The molecule has 1 aliphatic rings. The summed E-state index contributed by atoms with van der Waals surface area (Å²) in [4.78, 5) is 44.1. The third kappa shape index (κ3) is 4.30. The molecule has 0 unspecified atom stereocenters. The number of carbonyl (C=O) groups excluding carboxylic acids is 2. The predicted molar refractivity (Wildman–Crippen MR) is 102 cm³/mol. The van der Waals surface area contributed by atoms with Gasteiger partial charge in [0, 0.05) is 17.9 Å². The van der Waals surface area contributed by atoms with Gasteiger partial charge in [-0.05, 0) is 24.6 Å². The van der Waals surface area contributed by atoms with E-state index in [4.69, 9.17) is 11.6 Å². The Bertz CT molecular complexity index is 966. The Morgan fingerprint density at radius 2 is 2.22 bits per heavy atom. The van der Waals surface area contributed by atoms with Crippen LogP contribution in [0.2, 0.25) is 5.02 Å². The smallest absolute Gasteiger partial charge is 0.257 e. The number of nitrogens with zero attached hydrogens (tertiary/aromatic N) is 1. The molecule has 1 aromatic carbocycles. The molecule has 1 aliphatic heterocycles. The minimum absolute atomic E-state index is 0.0888. The van der Waals surface area contributed by atoms with Crippen LogP contribution >= 0.6 is 23.4 Å². The van der Waals surface area contributed by atoms with E-state index in [1.165, 1.54) is 23.9 Å². The number of halogens is 2. The predicted octanol–water partition coefficient (Wildman–Crippen LogP) is 3.13. The van der Waals surface area contributed by atoms with E-state index in [-0.39, 0.29) is 28.5 Å². The largest absolute Gasteiger partial charge is 0.325 e. The van der Waals surface area contributed by atoms with Crippen molar-refractivity contribution in [3.63, 3.8) is 0 Å². The number of anilines is 2. The van der Waals surface area contributed by atoms with Crippen molar-refractivity contribution in [3.8, 4) is 0 Å². The summed E-state index contributed by atoms with van der Waals surface area (Å²) in [6, 6.07) is 3.71. The fourth-order valence-electron chi connectivity index (χ4n) is 2.64. The van der Waals surface area contributed by atoms with Crippen molar-refractivity contribution < 1.29 is 14.0 Å². The molecule has 3 rings (SSSR count). The average molecular weight is 411 g/mol. The number of benzene rings is 1. The van der Waals surface area contributed by atoms with Crippen molar-refractivity contribution in [2.75, 3.05) is 16.4 Å². The highest BCUT2D eigenvalue weighted by Crippen LogP contribution is 2.31. The minimum atomic E-state index is -1.01. The second-order valence-electron chi connectivity index (χ2n) is 5.90. The number of aromatic nitrogens is 2. The van der Waals surface area contributed by atoms with Crippen LogP contribution in [0.1, 0.15) is 31.2 Å². The summed E-state index contributed by atoms with van der Waals surface area (Å²) in [5, 5.41) is 5.35. The topological polar surface area (TPSA) is 104 Å². The van der Waals surface area contributed by atoms with Crippen LogP contribution in [0.15, 0.2) is 28.2 Å². The Labute approximate surface area is 163 Å². The van der Waals surface area contributed by atoms with Gasteiger partial charge in [0.25, 0.3) is 5.56 Å². The molecule has 0 radical (unpaired) electrons. The van der Waals surface area contributed by atoms with Crippen LogP contribution in [0.25, 0.3) is 0 Å². The molecule has 0 fully saturated rings. The van der Waals surface area contributed by atoms with E-state index in [1.807, 2.05) is 6.92 Å². The van der Waals surface area contributed by atoms with Crippen LogP contribution < -0.4 is 16.2 Å². The van der Waals surface area contributed by atoms with Gasteiger partial charge in [-0.3, -0.25) is 14.4 Å². The first-order valence-electron chi connectivity index (χ1n) is 8.21. The Kier molecular flexibility index (Phi) is 5.81. The van der Waals surface area contributed by atoms with Gasteiger partial charge in [-0.1, -0.05) is 30.3 Å². The second kappa shape index (κ2) is 8.10. The first kappa shape index (κ1) is 19.4. The molecule has 3 N–H and O–H groups in total. The van der Waals surface area contributed by atoms with E-state index in [9.17, 15) is 18.8 Å². The zero-order valence-electron chi connectivity index (χ0n) is 14.3. The Balaban J connectivity index is 1.90. The van der Waals surface area contributed by atoms with E-state index < -0.39 is 29.1 Å². The fourth-order valence-corrected chi connectivity index (χ4v) is 3.54. The molecule has 1 aromatic heterocycles. The summed E-state index contributed by atoms with van der Waals surface area (Å²) < 4.78 is 13.3. The van der Waals surface area contributed by atoms with Crippen LogP contribution in [0.3, 0.4) is 0 Å². The number of thioether (sulfide) groups is 1. The van der Waals surface area contributed by atoms with Gasteiger partial charge in [-0.15, -0.1) is 0 Å². The van der Waals surface area contributed by atoms with Crippen molar-refractivity contribution in [1.29, 1.82) is 0 Å². The van der Waals surface area contributed by atoms with E-state index in [1.54, 1.807) is 0 Å². The Morgan fingerprint density at radius 1 is 1.44 bits per heavy atom. The molecular formula is C17H16ClFN4O3S. The summed E-state index contributed by atoms with van der Waals surface area (Å²) in [7, 11) is 0. The maximum Gasteiger partial charge on any atom is 0.257 e. The number of carbonyl (C=O) groups is 2. The van der Waals surface area contributed by atoms with Gasteiger partial charge in [0.05, 0.1) is 16.5 Å². The summed E-state index contributed by atoms with van der Waals surface area (Å²) in [5.41, 5.74) is -0.115. The number of hydrogen-bond donors (Lipinski definition) is 3. The minimum Gasteiger partial charge on any atom is -0.325 e. The van der Waals surface area contributed by atoms with Crippen LogP contribution in [0, 0.1) is 5.82 Å². The van der Waals surface area contributed by atoms with Crippen molar-refractivity contribution in [1.82, 2.24) is 9.97 Å². The monoisotopic (exact) mass is 410 g/mol. The molecule has 27 heavy (non-hydrogen) atoms. The molecule has 1 atom stereocenters. The van der Waals surface area contributed by atoms with E-state index >= 15 is 0 Å². The lowest BCUT2D eigenvalue weighted by Gasteiger charge is -2.23. The molecular weight excluding hydrogens is 395 g/mol. The van der Waals surface area contributed by atoms with Gasteiger partial charge >= 0.3 is 0 Å². The third-order valence-electron chi connectivity index (χ3n) is 3.88. The highest BCUT2D eigenvalue weighted by Gasteiger charge is 2.34. The highest BCUT2D eigenvalue weighted by atomic mass is 35.5. The number of aromatic amines is 1. The summed E-state index contributed by atoms with van der Waals surface area (Å²) in [6.45, 7) is 1.99. The Hall–Kier alpha value is -2.39. The first-order valence-corrected chi connectivity index (χ1v) is 9.58. The maximum absolute atomic E-state index is 13.3. The molecule has 0 saturated carbocycles. The normalized spacial score (nSPS) is 15.8. The lowest BCUT2D eigenvalue weighted by atomic mass is 9.92. The number of amides is 2. The van der Waals surface area contributed by atoms with Gasteiger partial charge < -0.3 is 15.6 Å². The Morgan fingerprint density at radius 3 is 2.93 bits per heavy atom. The summed E-state index contributed by atoms with van der Waals surface area (Å²) in [6.07, 6.45) is 0.697. The van der Waals surface area contributed by atoms with Crippen LogP contribution in [0.5, 0.6) is 0 Å². The summed E-state index contributed by atoms with van der Waals surface area (Å²) >= 11 is 7.07. The quantitative estimate of drug-likeness (QED) is 0.519. The van der Waals surface area contributed by atoms with E-state index in [2.05, 4.69) is 20.6 Å². The molecule has 2 amide bonds. The van der Waals surface area contributed by atoms with E-state index in [0.29, 0.717) is 5.16 Å². The average Bonchev–Trinajstić information content (AvgIpc) is 2.62. The van der Waals surface area contributed by atoms with Crippen LogP contribution in [-0.4, -0.2) is 27.5 Å². The van der Waals surface area contributed by atoms with E-state index in [0.717, 1.165) is 18.2 Å². The number of fused-ring (bicyclic) bond motifs is 1. The molecule has 0 spiro atoms. The maximum atomic E-state index is 13.3. The number of H-pyrrole nitrogens is 1. The van der Waals surface area contributed by atoms with Crippen LogP contribution in [0.4, 0.5) is 15.9 Å². The summed E-state index contributed by atoms with van der Waals surface area (Å²) in [5.74, 6) is -1.77. The van der Waals surface area contributed by atoms with Gasteiger partial charge in [0.15, 0.2) is 5.16 Å². The molecule has 0 bridgehead atoms. The zero-order chi connectivity index (χ0) is 19.6.